The minimum absolute atomic E-state index is 0.259. The molecule has 3 heterocycles. The lowest BCUT2D eigenvalue weighted by molar-refractivity contribution is 0.535. The van der Waals surface area contributed by atoms with Crippen molar-refractivity contribution in [3.8, 4) is 17.3 Å². The third kappa shape index (κ3) is 3.11. The molecule has 7 heteroatoms. The van der Waals surface area contributed by atoms with Gasteiger partial charge in [0.25, 0.3) is 0 Å². The van der Waals surface area contributed by atoms with Gasteiger partial charge in [-0.1, -0.05) is 19.8 Å². The molecule has 7 nitrogen and oxygen atoms in total. The summed E-state index contributed by atoms with van der Waals surface area (Å²) < 4.78 is 5.67. The predicted molar refractivity (Wildman–Crippen MR) is 93.0 cm³/mol. The van der Waals surface area contributed by atoms with E-state index in [2.05, 4.69) is 31.0 Å². The van der Waals surface area contributed by atoms with Crippen molar-refractivity contribution in [1.29, 1.82) is 0 Å². The van der Waals surface area contributed by atoms with Crippen molar-refractivity contribution in [1.82, 2.24) is 34.3 Å². The van der Waals surface area contributed by atoms with Gasteiger partial charge in [0.2, 0.25) is 0 Å². The number of nitrogens with zero attached hydrogens (tertiary/aromatic N) is 7. The smallest absolute Gasteiger partial charge is 0.183 e. The molecule has 0 N–H and O–H groups in total. The molecule has 24 heavy (non-hydrogen) atoms. The molecule has 0 aliphatic carbocycles. The third-order valence-electron chi connectivity index (χ3n) is 4.06. The van der Waals surface area contributed by atoms with Gasteiger partial charge < -0.3 is 0 Å². The second-order valence-electron chi connectivity index (χ2n) is 6.29. The zero-order valence-electron chi connectivity index (χ0n) is 14.8. The van der Waals surface area contributed by atoms with Crippen LogP contribution < -0.4 is 0 Å². The van der Waals surface area contributed by atoms with E-state index in [9.17, 15) is 0 Å². The molecule has 0 saturated carbocycles. The maximum Gasteiger partial charge on any atom is 0.183 e. The van der Waals surface area contributed by atoms with Gasteiger partial charge in [0, 0.05) is 31.8 Å². The van der Waals surface area contributed by atoms with Gasteiger partial charge in [0.05, 0.1) is 6.20 Å². The van der Waals surface area contributed by atoms with Crippen LogP contribution in [-0.2, 0) is 13.5 Å². The first-order valence-corrected chi connectivity index (χ1v) is 8.60. The highest BCUT2D eigenvalue weighted by Gasteiger charge is 2.19. The lowest BCUT2D eigenvalue weighted by atomic mass is 10.2. The lowest BCUT2D eigenvalue weighted by Crippen LogP contribution is -2.10. The maximum absolute atomic E-state index is 4.81. The number of hydrogen-bond donors (Lipinski definition) is 0. The molecule has 0 amide bonds. The van der Waals surface area contributed by atoms with Gasteiger partial charge in [-0.15, -0.1) is 5.10 Å². The summed E-state index contributed by atoms with van der Waals surface area (Å²) in [4.78, 5) is 4.81. The van der Waals surface area contributed by atoms with E-state index in [-0.39, 0.29) is 6.04 Å². The summed E-state index contributed by atoms with van der Waals surface area (Å²) in [6, 6.07) is 4.20. The number of rotatable bonds is 7. The van der Waals surface area contributed by atoms with Crippen LogP contribution in [0.1, 0.15) is 51.9 Å². The number of hydrogen-bond acceptors (Lipinski definition) is 4. The van der Waals surface area contributed by atoms with E-state index in [1.807, 2.05) is 39.4 Å². The summed E-state index contributed by atoms with van der Waals surface area (Å²) in [6.07, 6.45) is 7.97. The van der Waals surface area contributed by atoms with Crippen molar-refractivity contribution < 1.29 is 0 Å². The molecular formula is C17H25N7. The Balaban J connectivity index is 2.06. The Kier molecular flexibility index (Phi) is 4.78. The molecule has 0 fully saturated rings. The van der Waals surface area contributed by atoms with Crippen LogP contribution in [0.5, 0.6) is 0 Å². The molecule has 0 radical (unpaired) electrons. The van der Waals surface area contributed by atoms with Crippen LogP contribution in [0, 0.1) is 0 Å². The Bertz CT molecular complexity index is 794. The Morgan fingerprint density at radius 3 is 2.54 bits per heavy atom. The Morgan fingerprint density at radius 1 is 1.08 bits per heavy atom. The van der Waals surface area contributed by atoms with Crippen molar-refractivity contribution in [2.45, 2.75) is 52.5 Å². The van der Waals surface area contributed by atoms with E-state index < -0.39 is 0 Å². The van der Waals surface area contributed by atoms with E-state index >= 15 is 0 Å². The summed E-state index contributed by atoms with van der Waals surface area (Å²) >= 11 is 0. The Morgan fingerprint density at radius 2 is 1.88 bits per heavy atom. The summed E-state index contributed by atoms with van der Waals surface area (Å²) in [7, 11) is 1.91. The van der Waals surface area contributed by atoms with E-state index in [1.54, 1.807) is 6.20 Å². The highest BCUT2D eigenvalue weighted by atomic mass is 15.4. The monoisotopic (exact) mass is 327 g/mol. The van der Waals surface area contributed by atoms with E-state index in [0.717, 1.165) is 36.0 Å². The van der Waals surface area contributed by atoms with Gasteiger partial charge >= 0.3 is 0 Å². The molecule has 0 aliphatic heterocycles. The highest BCUT2D eigenvalue weighted by molar-refractivity contribution is 5.52. The number of unbranched alkanes of at least 4 members (excludes halogenated alkanes) is 2. The van der Waals surface area contributed by atoms with Gasteiger partial charge in [-0.25, -0.2) is 4.98 Å². The quantitative estimate of drug-likeness (QED) is 0.625. The Hall–Kier alpha value is -2.44. The average Bonchev–Trinajstić information content (AvgIpc) is 3.25. The molecule has 3 aromatic heterocycles. The maximum atomic E-state index is 4.81. The van der Waals surface area contributed by atoms with Crippen LogP contribution in [0.25, 0.3) is 17.3 Å². The zero-order chi connectivity index (χ0) is 17.1. The number of aryl methyl sites for hydroxylation is 2. The first-order chi connectivity index (χ1) is 11.6. The normalized spacial score (nSPS) is 11.5. The summed E-state index contributed by atoms with van der Waals surface area (Å²) in [5.41, 5.74) is 0.973. The second kappa shape index (κ2) is 6.98. The van der Waals surface area contributed by atoms with Crippen molar-refractivity contribution in [2.24, 2.45) is 7.05 Å². The van der Waals surface area contributed by atoms with Gasteiger partial charge in [-0.3, -0.25) is 9.36 Å². The van der Waals surface area contributed by atoms with Crippen molar-refractivity contribution in [3.63, 3.8) is 0 Å². The molecule has 0 saturated heterocycles. The molecule has 0 atom stereocenters. The SMILES string of the molecule is CCCCCc1nc(-c2ccnn2C(C)C)n(-c2ccnn2C)n1. The Labute approximate surface area is 142 Å². The first-order valence-electron chi connectivity index (χ1n) is 8.60. The van der Waals surface area contributed by atoms with Crippen molar-refractivity contribution in [3.05, 3.63) is 30.4 Å². The van der Waals surface area contributed by atoms with Crippen LogP contribution in [-0.4, -0.2) is 34.3 Å². The van der Waals surface area contributed by atoms with Crippen LogP contribution >= 0.6 is 0 Å². The van der Waals surface area contributed by atoms with Crippen LogP contribution in [0.15, 0.2) is 24.5 Å². The zero-order valence-corrected chi connectivity index (χ0v) is 14.8. The third-order valence-corrected chi connectivity index (χ3v) is 4.06. The minimum Gasteiger partial charge on any atom is -0.259 e. The van der Waals surface area contributed by atoms with Crippen LogP contribution in [0.2, 0.25) is 0 Å². The van der Waals surface area contributed by atoms with Crippen LogP contribution in [0.4, 0.5) is 0 Å². The summed E-state index contributed by atoms with van der Waals surface area (Å²) in [6.45, 7) is 6.43. The summed E-state index contributed by atoms with van der Waals surface area (Å²) in [5, 5.41) is 13.4. The van der Waals surface area contributed by atoms with Gasteiger partial charge in [-0.05, 0) is 26.3 Å². The molecule has 128 valence electrons. The minimum atomic E-state index is 0.259. The van der Waals surface area contributed by atoms with Crippen molar-refractivity contribution in [2.75, 3.05) is 0 Å². The first kappa shape index (κ1) is 16.4. The molecule has 0 unspecified atom stereocenters. The van der Waals surface area contributed by atoms with Gasteiger partial charge in [-0.2, -0.15) is 14.9 Å². The van der Waals surface area contributed by atoms with E-state index in [0.29, 0.717) is 0 Å². The van der Waals surface area contributed by atoms with E-state index in [1.165, 1.54) is 12.8 Å². The fourth-order valence-corrected chi connectivity index (χ4v) is 2.80. The average molecular weight is 327 g/mol. The molecule has 0 aromatic carbocycles. The topological polar surface area (TPSA) is 66.3 Å². The largest absolute Gasteiger partial charge is 0.259 e. The molecule has 3 rings (SSSR count). The fourth-order valence-electron chi connectivity index (χ4n) is 2.80. The lowest BCUT2D eigenvalue weighted by Gasteiger charge is -2.11. The molecule has 0 bridgehead atoms. The fraction of sp³-hybridized carbons (Fsp3) is 0.529. The van der Waals surface area contributed by atoms with Gasteiger partial charge in [0.1, 0.15) is 5.69 Å². The van der Waals surface area contributed by atoms with Crippen LogP contribution in [0.3, 0.4) is 0 Å². The molecular weight excluding hydrogens is 302 g/mol. The molecule has 0 spiro atoms. The van der Waals surface area contributed by atoms with Crippen molar-refractivity contribution >= 4 is 0 Å². The number of aromatic nitrogens is 7. The second-order valence-corrected chi connectivity index (χ2v) is 6.29. The predicted octanol–water partition coefficient (Wildman–Crippen LogP) is 3.18. The van der Waals surface area contributed by atoms with E-state index in [4.69, 9.17) is 10.1 Å². The molecule has 3 aromatic rings. The standard InChI is InChI=1S/C17H25N7/c1-5-6-7-8-15-20-17(14-9-11-19-23(14)13(2)3)24(21-15)16-10-12-18-22(16)4/h9-13H,5-8H2,1-4H3. The highest BCUT2D eigenvalue weighted by Crippen LogP contribution is 2.23. The van der Waals surface area contributed by atoms with Gasteiger partial charge in [0.15, 0.2) is 17.5 Å². The summed E-state index contributed by atoms with van der Waals surface area (Å²) in [5.74, 6) is 2.59. The molecule has 0 aliphatic rings.